The van der Waals surface area contributed by atoms with Gasteiger partial charge in [0, 0.05) is 21.2 Å². The van der Waals surface area contributed by atoms with Gasteiger partial charge in [0.2, 0.25) is 0 Å². The average Bonchev–Trinajstić information content (AvgIpc) is 2.95. The summed E-state index contributed by atoms with van der Waals surface area (Å²) in [6.45, 7) is 2.49. The van der Waals surface area contributed by atoms with E-state index in [1.54, 1.807) is 0 Å². The Hall–Kier alpha value is -1.17. The van der Waals surface area contributed by atoms with E-state index < -0.39 is 0 Å². The van der Waals surface area contributed by atoms with E-state index in [0.717, 1.165) is 0 Å². The Labute approximate surface area is 110 Å². The molecule has 0 radical (unpaired) electrons. The zero-order valence-electron chi connectivity index (χ0n) is 10.5. The predicted octanol–water partition coefficient (Wildman–Crippen LogP) is 3.13. The zero-order chi connectivity index (χ0) is 12.2. The van der Waals surface area contributed by atoms with E-state index in [-0.39, 0.29) is 8.07 Å². The second-order valence-electron chi connectivity index (χ2n) is 4.64. The molecule has 2 heteroatoms. The maximum absolute atomic E-state index is 2.67. The Kier molecular flexibility index (Phi) is 3.73. The summed E-state index contributed by atoms with van der Waals surface area (Å²) in [5.74, 6) is 0. The maximum Gasteiger partial charge on any atom is 0.0281 e. The first-order valence-corrected chi connectivity index (χ1v) is 7.90. The largest absolute Gasteiger partial charge is 0.275 e. The molecule has 0 atom stereocenters. The van der Waals surface area contributed by atoms with Crippen molar-refractivity contribution >= 4 is 18.7 Å². The lowest BCUT2D eigenvalue weighted by Gasteiger charge is -2.28. The SMILES string of the molecule is c1ccc(P(c2ccccc2)N2CCCC2)cc1. The lowest BCUT2D eigenvalue weighted by Crippen LogP contribution is -2.26. The van der Waals surface area contributed by atoms with Crippen LogP contribution in [-0.2, 0) is 0 Å². The smallest absolute Gasteiger partial charge is 0.0281 e. The molecule has 1 heterocycles. The third-order valence-corrected chi connectivity index (χ3v) is 5.91. The Morgan fingerprint density at radius 2 is 1.11 bits per heavy atom. The summed E-state index contributed by atoms with van der Waals surface area (Å²) in [6, 6.07) is 21.9. The molecule has 1 nitrogen and oxygen atoms in total. The van der Waals surface area contributed by atoms with Crippen LogP contribution in [0.2, 0.25) is 0 Å². The highest BCUT2D eigenvalue weighted by Crippen LogP contribution is 2.40. The van der Waals surface area contributed by atoms with Crippen LogP contribution in [0.15, 0.2) is 60.7 Å². The van der Waals surface area contributed by atoms with Crippen molar-refractivity contribution in [3.8, 4) is 0 Å². The van der Waals surface area contributed by atoms with Crippen LogP contribution in [0.1, 0.15) is 12.8 Å². The van der Waals surface area contributed by atoms with Crippen LogP contribution >= 0.6 is 8.07 Å². The van der Waals surface area contributed by atoms with E-state index in [9.17, 15) is 0 Å². The molecule has 1 aliphatic heterocycles. The second kappa shape index (κ2) is 5.65. The molecule has 1 saturated heterocycles. The summed E-state index contributed by atoms with van der Waals surface area (Å²) in [6.07, 6.45) is 2.69. The normalized spacial score (nSPS) is 16.3. The van der Waals surface area contributed by atoms with Gasteiger partial charge < -0.3 is 0 Å². The topological polar surface area (TPSA) is 3.24 Å². The highest BCUT2D eigenvalue weighted by Gasteiger charge is 2.24. The van der Waals surface area contributed by atoms with Gasteiger partial charge in [-0.1, -0.05) is 60.7 Å². The van der Waals surface area contributed by atoms with Gasteiger partial charge in [-0.3, -0.25) is 4.67 Å². The Morgan fingerprint density at radius 3 is 1.56 bits per heavy atom. The van der Waals surface area contributed by atoms with Crippen LogP contribution in [0.3, 0.4) is 0 Å². The van der Waals surface area contributed by atoms with E-state index >= 15 is 0 Å². The summed E-state index contributed by atoms with van der Waals surface area (Å²) >= 11 is 0. The van der Waals surface area contributed by atoms with Gasteiger partial charge in [-0.25, -0.2) is 0 Å². The second-order valence-corrected chi connectivity index (χ2v) is 6.87. The standard InChI is InChI=1S/C16H18NP/c1-3-9-15(10-4-1)18(17-13-7-8-14-17)16-11-5-2-6-12-16/h1-6,9-12H,7-8,13-14H2. The molecule has 1 fully saturated rings. The van der Waals surface area contributed by atoms with Gasteiger partial charge >= 0.3 is 0 Å². The minimum absolute atomic E-state index is 0.319. The van der Waals surface area contributed by atoms with Crippen molar-refractivity contribution in [3.63, 3.8) is 0 Å². The number of nitrogens with zero attached hydrogens (tertiary/aromatic N) is 1. The number of hydrogen-bond acceptors (Lipinski definition) is 1. The fourth-order valence-corrected chi connectivity index (χ4v) is 5.06. The van der Waals surface area contributed by atoms with E-state index in [1.807, 2.05) is 0 Å². The molecular formula is C16H18NP. The minimum Gasteiger partial charge on any atom is -0.275 e. The molecule has 2 aromatic carbocycles. The van der Waals surface area contributed by atoms with Crippen LogP contribution in [-0.4, -0.2) is 17.8 Å². The van der Waals surface area contributed by atoms with Crippen LogP contribution in [0.5, 0.6) is 0 Å². The van der Waals surface area contributed by atoms with Crippen molar-refractivity contribution < 1.29 is 0 Å². The molecular weight excluding hydrogens is 237 g/mol. The van der Waals surface area contributed by atoms with E-state index in [1.165, 1.54) is 36.5 Å². The third kappa shape index (κ3) is 2.48. The van der Waals surface area contributed by atoms with Crippen molar-refractivity contribution in [2.75, 3.05) is 13.1 Å². The minimum atomic E-state index is -0.319. The first-order chi connectivity index (χ1) is 8.95. The lowest BCUT2D eigenvalue weighted by molar-refractivity contribution is 0.575. The molecule has 0 spiro atoms. The van der Waals surface area contributed by atoms with Crippen LogP contribution in [0.25, 0.3) is 0 Å². The van der Waals surface area contributed by atoms with Crippen molar-refractivity contribution in [1.82, 2.24) is 4.67 Å². The molecule has 1 aliphatic rings. The van der Waals surface area contributed by atoms with Gasteiger partial charge in [0.25, 0.3) is 0 Å². The fourth-order valence-electron chi connectivity index (χ4n) is 2.51. The molecule has 2 aromatic rings. The quantitative estimate of drug-likeness (QED) is 0.762. The number of benzene rings is 2. The monoisotopic (exact) mass is 255 g/mol. The Balaban J connectivity index is 1.98. The predicted molar refractivity (Wildman–Crippen MR) is 79.9 cm³/mol. The van der Waals surface area contributed by atoms with Gasteiger partial charge in [0.05, 0.1) is 0 Å². The van der Waals surface area contributed by atoms with Crippen molar-refractivity contribution in [3.05, 3.63) is 60.7 Å². The van der Waals surface area contributed by atoms with Crippen LogP contribution < -0.4 is 10.6 Å². The number of rotatable bonds is 3. The summed E-state index contributed by atoms with van der Waals surface area (Å²) in [5, 5.41) is 2.95. The molecule has 92 valence electrons. The lowest BCUT2D eigenvalue weighted by atomic mass is 10.4. The highest BCUT2D eigenvalue weighted by atomic mass is 31.1. The van der Waals surface area contributed by atoms with Gasteiger partial charge in [0.15, 0.2) is 0 Å². The Bertz CT molecular complexity index is 437. The van der Waals surface area contributed by atoms with Gasteiger partial charge in [-0.2, -0.15) is 0 Å². The third-order valence-electron chi connectivity index (χ3n) is 3.37. The first kappa shape index (κ1) is 11.9. The van der Waals surface area contributed by atoms with Crippen LogP contribution in [0, 0.1) is 0 Å². The molecule has 3 rings (SSSR count). The Morgan fingerprint density at radius 1 is 0.667 bits per heavy atom. The number of hydrogen-bond donors (Lipinski definition) is 0. The van der Waals surface area contributed by atoms with E-state index in [4.69, 9.17) is 0 Å². The van der Waals surface area contributed by atoms with Gasteiger partial charge in [0.1, 0.15) is 0 Å². The summed E-state index contributed by atoms with van der Waals surface area (Å²) in [4.78, 5) is 0. The van der Waals surface area contributed by atoms with Crippen LogP contribution in [0.4, 0.5) is 0 Å². The fraction of sp³-hybridized carbons (Fsp3) is 0.250. The molecule has 0 aromatic heterocycles. The summed E-state index contributed by atoms with van der Waals surface area (Å²) in [5.41, 5.74) is 0. The first-order valence-electron chi connectivity index (χ1n) is 6.60. The maximum atomic E-state index is 2.67. The van der Waals surface area contributed by atoms with Crippen molar-refractivity contribution in [2.24, 2.45) is 0 Å². The molecule has 0 saturated carbocycles. The van der Waals surface area contributed by atoms with E-state index in [0.29, 0.717) is 0 Å². The van der Waals surface area contributed by atoms with Gasteiger partial charge in [-0.15, -0.1) is 0 Å². The van der Waals surface area contributed by atoms with Gasteiger partial charge in [-0.05, 0) is 23.5 Å². The molecule has 0 bridgehead atoms. The van der Waals surface area contributed by atoms with Crippen molar-refractivity contribution in [1.29, 1.82) is 0 Å². The zero-order valence-corrected chi connectivity index (χ0v) is 11.4. The van der Waals surface area contributed by atoms with Crippen molar-refractivity contribution in [2.45, 2.75) is 12.8 Å². The molecule has 0 unspecified atom stereocenters. The molecule has 18 heavy (non-hydrogen) atoms. The average molecular weight is 255 g/mol. The molecule has 0 N–H and O–H groups in total. The summed E-state index contributed by atoms with van der Waals surface area (Å²) < 4.78 is 2.67. The molecule has 0 aliphatic carbocycles. The summed E-state index contributed by atoms with van der Waals surface area (Å²) in [7, 11) is -0.319. The molecule has 0 amide bonds. The highest BCUT2D eigenvalue weighted by molar-refractivity contribution is 7.70. The van der Waals surface area contributed by atoms with E-state index in [2.05, 4.69) is 65.3 Å².